The van der Waals surface area contributed by atoms with E-state index in [1.165, 1.54) is 45.3 Å². The normalized spacial score (nSPS) is 19.7. The second-order valence-electron chi connectivity index (χ2n) is 4.82. The van der Waals surface area contributed by atoms with E-state index >= 15 is 0 Å². The summed E-state index contributed by atoms with van der Waals surface area (Å²) in [6, 6.07) is 0. The third-order valence-electron chi connectivity index (χ3n) is 3.53. The Balaban J connectivity index is 2.10. The van der Waals surface area contributed by atoms with Gasteiger partial charge in [0.05, 0.1) is 0 Å². The van der Waals surface area contributed by atoms with Gasteiger partial charge in [0.25, 0.3) is 0 Å². The van der Waals surface area contributed by atoms with Gasteiger partial charge in [-0.05, 0) is 50.7 Å². The molecule has 2 heteroatoms. The molecule has 14 heavy (non-hydrogen) atoms. The van der Waals surface area contributed by atoms with Gasteiger partial charge in [0.15, 0.2) is 0 Å². The monoisotopic (exact) mass is 198 g/mol. The van der Waals surface area contributed by atoms with Crippen molar-refractivity contribution in [3.8, 4) is 0 Å². The Morgan fingerprint density at radius 3 is 2.57 bits per heavy atom. The van der Waals surface area contributed by atoms with Crippen molar-refractivity contribution in [2.75, 3.05) is 26.2 Å². The van der Waals surface area contributed by atoms with Gasteiger partial charge in [-0.15, -0.1) is 0 Å². The fraction of sp³-hybridized carbons (Fsp3) is 1.00. The number of nitrogens with zero attached hydrogens (tertiary/aromatic N) is 1. The van der Waals surface area contributed by atoms with Crippen molar-refractivity contribution in [2.24, 2.45) is 17.6 Å². The molecule has 1 saturated carbocycles. The number of rotatable bonds is 7. The maximum absolute atomic E-state index is 5.62. The van der Waals surface area contributed by atoms with Crippen LogP contribution in [0, 0.1) is 11.8 Å². The Kier molecular flexibility index (Phi) is 5.49. The first kappa shape index (κ1) is 12.0. The van der Waals surface area contributed by atoms with Crippen LogP contribution in [-0.4, -0.2) is 31.1 Å². The third-order valence-corrected chi connectivity index (χ3v) is 3.53. The smallest absolute Gasteiger partial charge is 0.000954 e. The molecule has 1 aliphatic carbocycles. The summed E-state index contributed by atoms with van der Waals surface area (Å²) in [5.74, 6) is 1.69. The SMILES string of the molecule is CCN(CCC(C)CN)CC1CCC1. The number of hydrogen-bond donors (Lipinski definition) is 1. The molecule has 1 atom stereocenters. The third kappa shape index (κ3) is 3.97. The minimum Gasteiger partial charge on any atom is -0.330 e. The highest BCUT2D eigenvalue weighted by molar-refractivity contribution is 4.73. The van der Waals surface area contributed by atoms with Crippen molar-refractivity contribution in [2.45, 2.75) is 39.5 Å². The first-order valence-electron chi connectivity index (χ1n) is 6.18. The van der Waals surface area contributed by atoms with Gasteiger partial charge in [-0.2, -0.15) is 0 Å². The Bertz CT molecular complexity index is 143. The minimum atomic E-state index is 0.686. The number of nitrogens with two attached hydrogens (primary N) is 1. The summed E-state index contributed by atoms with van der Waals surface area (Å²) in [6.07, 6.45) is 5.64. The summed E-state index contributed by atoms with van der Waals surface area (Å²) in [4.78, 5) is 2.59. The van der Waals surface area contributed by atoms with Crippen LogP contribution in [0.3, 0.4) is 0 Å². The van der Waals surface area contributed by atoms with Crippen LogP contribution in [0.5, 0.6) is 0 Å². The molecule has 0 spiro atoms. The predicted octanol–water partition coefficient (Wildman–Crippen LogP) is 2.09. The molecule has 0 aliphatic heterocycles. The average molecular weight is 198 g/mol. The van der Waals surface area contributed by atoms with E-state index in [9.17, 15) is 0 Å². The van der Waals surface area contributed by atoms with Crippen molar-refractivity contribution in [1.29, 1.82) is 0 Å². The van der Waals surface area contributed by atoms with E-state index in [1.54, 1.807) is 0 Å². The van der Waals surface area contributed by atoms with E-state index in [4.69, 9.17) is 5.73 Å². The van der Waals surface area contributed by atoms with Crippen LogP contribution in [0.4, 0.5) is 0 Å². The van der Waals surface area contributed by atoms with Crippen LogP contribution in [-0.2, 0) is 0 Å². The van der Waals surface area contributed by atoms with E-state index in [1.807, 2.05) is 0 Å². The van der Waals surface area contributed by atoms with Crippen molar-refractivity contribution in [3.63, 3.8) is 0 Å². The molecule has 0 bridgehead atoms. The molecule has 2 nitrogen and oxygen atoms in total. The van der Waals surface area contributed by atoms with Crippen molar-refractivity contribution in [3.05, 3.63) is 0 Å². The molecule has 0 aromatic heterocycles. The van der Waals surface area contributed by atoms with Crippen molar-refractivity contribution < 1.29 is 0 Å². The fourth-order valence-corrected chi connectivity index (χ4v) is 1.94. The molecule has 1 aliphatic rings. The zero-order valence-electron chi connectivity index (χ0n) is 9.84. The average Bonchev–Trinajstić information content (AvgIpc) is 2.15. The van der Waals surface area contributed by atoms with Crippen LogP contribution in [0.1, 0.15) is 39.5 Å². The van der Waals surface area contributed by atoms with Crippen LogP contribution >= 0.6 is 0 Å². The van der Waals surface area contributed by atoms with Crippen LogP contribution in [0.2, 0.25) is 0 Å². The molecule has 1 fully saturated rings. The molecule has 0 radical (unpaired) electrons. The molecule has 2 N–H and O–H groups in total. The highest BCUT2D eigenvalue weighted by Crippen LogP contribution is 2.27. The molecule has 1 unspecified atom stereocenters. The molecule has 0 heterocycles. The van der Waals surface area contributed by atoms with E-state index in [2.05, 4.69) is 18.7 Å². The Morgan fingerprint density at radius 2 is 2.14 bits per heavy atom. The topological polar surface area (TPSA) is 29.3 Å². The van der Waals surface area contributed by atoms with Gasteiger partial charge in [-0.1, -0.05) is 20.3 Å². The van der Waals surface area contributed by atoms with Gasteiger partial charge in [0.1, 0.15) is 0 Å². The van der Waals surface area contributed by atoms with E-state index in [-0.39, 0.29) is 0 Å². The molecule has 0 aromatic rings. The lowest BCUT2D eigenvalue weighted by atomic mass is 9.85. The summed E-state index contributed by atoms with van der Waals surface area (Å²) in [7, 11) is 0. The van der Waals surface area contributed by atoms with Gasteiger partial charge in [0, 0.05) is 6.54 Å². The summed E-state index contributed by atoms with van der Waals surface area (Å²) in [5, 5.41) is 0. The minimum absolute atomic E-state index is 0.686. The van der Waals surface area contributed by atoms with Crippen molar-refractivity contribution >= 4 is 0 Å². The highest BCUT2D eigenvalue weighted by Gasteiger charge is 2.19. The van der Waals surface area contributed by atoms with Crippen LogP contribution in [0.25, 0.3) is 0 Å². The van der Waals surface area contributed by atoms with Gasteiger partial charge in [0.2, 0.25) is 0 Å². The lowest BCUT2D eigenvalue weighted by Gasteiger charge is -2.32. The lowest BCUT2D eigenvalue weighted by Crippen LogP contribution is -2.34. The highest BCUT2D eigenvalue weighted by atomic mass is 15.1. The first-order valence-corrected chi connectivity index (χ1v) is 6.18. The van der Waals surface area contributed by atoms with E-state index in [0.717, 1.165) is 12.5 Å². The van der Waals surface area contributed by atoms with Crippen LogP contribution in [0.15, 0.2) is 0 Å². The maximum atomic E-state index is 5.62. The Morgan fingerprint density at radius 1 is 1.43 bits per heavy atom. The van der Waals surface area contributed by atoms with Gasteiger partial charge >= 0.3 is 0 Å². The largest absolute Gasteiger partial charge is 0.330 e. The van der Waals surface area contributed by atoms with Gasteiger partial charge in [-0.3, -0.25) is 0 Å². The van der Waals surface area contributed by atoms with Crippen LogP contribution < -0.4 is 5.73 Å². The zero-order chi connectivity index (χ0) is 10.4. The van der Waals surface area contributed by atoms with Gasteiger partial charge in [-0.25, -0.2) is 0 Å². The Hall–Kier alpha value is -0.0800. The molecule has 1 rings (SSSR count). The maximum Gasteiger partial charge on any atom is 0.000954 e. The second kappa shape index (κ2) is 6.41. The fourth-order valence-electron chi connectivity index (χ4n) is 1.94. The quantitative estimate of drug-likeness (QED) is 0.679. The van der Waals surface area contributed by atoms with Gasteiger partial charge < -0.3 is 10.6 Å². The summed E-state index contributed by atoms with van der Waals surface area (Å²) in [5.41, 5.74) is 5.62. The van der Waals surface area contributed by atoms with Crippen molar-refractivity contribution in [1.82, 2.24) is 4.90 Å². The molecular formula is C12H26N2. The molecule has 0 aromatic carbocycles. The standard InChI is InChI=1S/C12H26N2/c1-3-14(8-7-11(2)9-13)10-12-5-4-6-12/h11-12H,3-10,13H2,1-2H3. The summed E-state index contributed by atoms with van der Waals surface area (Å²) in [6.45, 7) is 9.12. The van der Waals surface area contributed by atoms with E-state index in [0.29, 0.717) is 5.92 Å². The first-order chi connectivity index (χ1) is 6.76. The summed E-state index contributed by atoms with van der Waals surface area (Å²) >= 11 is 0. The number of hydrogen-bond acceptors (Lipinski definition) is 2. The second-order valence-corrected chi connectivity index (χ2v) is 4.82. The molecule has 0 amide bonds. The molecule has 0 saturated heterocycles. The van der Waals surface area contributed by atoms with E-state index < -0.39 is 0 Å². The zero-order valence-corrected chi connectivity index (χ0v) is 9.84. The predicted molar refractivity (Wildman–Crippen MR) is 62.3 cm³/mol. The lowest BCUT2D eigenvalue weighted by molar-refractivity contribution is 0.177. The molecular weight excluding hydrogens is 172 g/mol. The summed E-state index contributed by atoms with van der Waals surface area (Å²) < 4.78 is 0. The molecule has 84 valence electrons. The Labute approximate surface area is 88.8 Å².